The number of para-hydroxylation sites is 1. The smallest absolute Gasteiger partial charge is 0.161 e. The number of nitrogens with zero attached hydrogens (tertiary/aromatic N) is 2. The number of rotatable bonds is 3. The van der Waals surface area contributed by atoms with Crippen molar-refractivity contribution in [2.24, 2.45) is 0 Å². The van der Waals surface area contributed by atoms with E-state index in [9.17, 15) is 0 Å². The standard InChI is InChI=1S/C44H26N2O/c1-3-12-30-23-32(19-17-27(30)9-1)38-26-39(33-20-18-28-10-2-4-13-31(28)24-33)46-44(45-38)37-25-41-43(36-15-7-8-16-40(36)47-41)42-34-14-6-5-11-29(34)21-22-35(37)42/h1-26H. The third-order valence-corrected chi connectivity index (χ3v) is 9.42. The van der Waals surface area contributed by atoms with Gasteiger partial charge in [0, 0.05) is 32.8 Å². The first-order valence-corrected chi connectivity index (χ1v) is 15.9. The topological polar surface area (TPSA) is 38.9 Å². The number of fused-ring (bicyclic) bond motifs is 9. The van der Waals surface area contributed by atoms with Crippen LogP contribution in [0, 0.1) is 0 Å². The Balaban J connectivity index is 1.30. The van der Waals surface area contributed by atoms with E-state index >= 15 is 0 Å². The molecule has 0 saturated heterocycles. The maximum Gasteiger partial charge on any atom is 0.161 e. The van der Waals surface area contributed by atoms with Gasteiger partial charge in [0.05, 0.1) is 11.4 Å². The lowest BCUT2D eigenvalue weighted by Crippen LogP contribution is -1.97. The van der Waals surface area contributed by atoms with Gasteiger partial charge in [0.25, 0.3) is 0 Å². The molecule has 8 aromatic carbocycles. The monoisotopic (exact) mass is 598 g/mol. The highest BCUT2D eigenvalue weighted by Gasteiger charge is 2.20. The van der Waals surface area contributed by atoms with Crippen molar-refractivity contribution in [1.82, 2.24) is 9.97 Å². The number of hydrogen-bond donors (Lipinski definition) is 0. The van der Waals surface area contributed by atoms with Crippen LogP contribution in [0.5, 0.6) is 0 Å². The second-order valence-corrected chi connectivity index (χ2v) is 12.2. The van der Waals surface area contributed by atoms with Crippen LogP contribution in [0.4, 0.5) is 0 Å². The van der Waals surface area contributed by atoms with Gasteiger partial charge in [-0.25, -0.2) is 9.97 Å². The van der Waals surface area contributed by atoms with Gasteiger partial charge in [-0.2, -0.15) is 0 Å². The quantitative estimate of drug-likeness (QED) is 0.190. The van der Waals surface area contributed by atoms with Crippen LogP contribution in [0.3, 0.4) is 0 Å². The molecule has 10 aromatic rings. The molecule has 0 amide bonds. The Kier molecular flexibility index (Phi) is 5.57. The Labute approximate surface area is 270 Å². The van der Waals surface area contributed by atoms with Crippen LogP contribution in [-0.4, -0.2) is 9.97 Å². The van der Waals surface area contributed by atoms with Crippen LogP contribution in [0.1, 0.15) is 0 Å². The molecule has 0 spiro atoms. The summed E-state index contributed by atoms with van der Waals surface area (Å²) in [5.41, 5.74) is 6.50. The zero-order valence-electron chi connectivity index (χ0n) is 25.3. The molecule has 3 heteroatoms. The molecular formula is C44H26N2O. The number of hydrogen-bond acceptors (Lipinski definition) is 3. The molecule has 0 unspecified atom stereocenters. The van der Waals surface area contributed by atoms with Crippen molar-refractivity contribution in [1.29, 1.82) is 0 Å². The van der Waals surface area contributed by atoms with Crippen molar-refractivity contribution in [3.05, 3.63) is 158 Å². The number of benzene rings is 8. The van der Waals surface area contributed by atoms with E-state index in [1.807, 2.05) is 12.1 Å². The lowest BCUT2D eigenvalue weighted by molar-refractivity contribution is 0.669. The van der Waals surface area contributed by atoms with E-state index in [0.29, 0.717) is 5.82 Å². The SMILES string of the molecule is c1ccc2cc(-c3cc(-c4ccc5ccccc5c4)nc(-c4cc5oc6ccccc6c5c5c4ccc4ccccc45)n3)ccc2c1. The van der Waals surface area contributed by atoms with Gasteiger partial charge in [-0.15, -0.1) is 0 Å². The second kappa shape index (κ2) is 10.1. The van der Waals surface area contributed by atoms with Crippen LogP contribution >= 0.6 is 0 Å². The Morgan fingerprint density at radius 1 is 0.362 bits per heavy atom. The van der Waals surface area contributed by atoms with Gasteiger partial charge in [0.2, 0.25) is 0 Å². The molecule has 2 aromatic heterocycles. The lowest BCUT2D eigenvalue weighted by Gasteiger charge is -2.14. The number of furan rings is 1. The predicted molar refractivity (Wildman–Crippen MR) is 196 cm³/mol. The predicted octanol–water partition coefficient (Wildman–Crippen LogP) is 12.0. The van der Waals surface area contributed by atoms with E-state index in [1.54, 1.807) is 0 Å². The molecular weight excluding hydrogens is 572 g/mol. The molecule has 0 aliphatic heterocycles. The van der Waals surface area contributed by atoms with E-state index in [1.165, 1.54) is 32.3 Å². The fourth-order valence-electron chi connectivity index (χ4n) is 7.14. The van der Waals surface area contributed by atoms with Gasteiger partial charge in [0.15, 0.2) is 5.82 Å². The van der Waals surface area contributed by atoms with E-state index in [0.717, 1.165) is 60.8 Å². The summed E-state index contributed by atoms with van der Waals surface area (Å²) >= 11 is 0. The van der Waals surface area contributed by atoms with Crippen LogP contribution in [0.15, 0.2) is 162 Å². The molecule has 2 heterocycles. The van der Waals surface area contributed by atoms with Crippen molar-refractivity contribution in [3.63, 3.8) is 0 Å². The molecule has 10 rings (SSSR count). The summed E-state index contributed by atoms with van der Waals surface area (Å²) in [6, 6.07) is 55.5. The van der Waals surface area contributed by atoms with Gasteiger partial charge in [-0.3, -0.25) is 0 Å². The third-order valence-electron chi connectivity index (χ3n) is 9.42. The van der Waals surface area contributed by atoms with Gasteiger partial charge in [0.1, 0.15) is 11.2 Å². The van der Waals surface area contributed by atoms with Crippen LogP contribution in [0.25, 0.3) is 98.9 Å². The largest absolute Gasteiger partial charge is 0.456 e. The van der Waals surface area contributed by atoms with Gasteiger partial charge in [-0.05, 0) is 68.0 Å². The van der Waals surface area contributed by atoms with E-state index in [4.69, 9.17) is 14.4 Å². The van der Waals surface area contributed by atoms with Crippen molar-refractivity contribution in [3.8, 4) is 33.9 Å². The highest BCUT2D eigenvalue weighted by Crippen LogP contribution is 2.43. The molecule has 0 atom stereocenters. The van der Waals surface area contributed by atoms with E-state index in [2.05, 4.69) is 146 Å². The van der Waals surface area contributed by atoms with Crippen molar-refractivity contribution < 1.29 is 4.42 Å². The highest BCUT2D eigenvalue weighted by molar-refractivity contribution is 6.29. The van der Waals surface area contributed by atoms with Crippen LogP contribution in [0.2, 0.25) is 0 Å². The molecule has 0 aliphatic rings. The molecule has 218 valence electrons. The first kappa shape index (κ1) is 26.0. The Hall–Kier alpha value is -6.32. The molecule has 0 fully saturated rings. The average molecular weight is 599 g/mol. The molecule has 0 aliphatic carbocycles. The van der Waals surface area contributed by atoms with Gasteiger partial charge >= 0.3 is 0 Å². The fraction of sp³-hybridized carbons (Fsp3) is 0. The Morgan fingerprint density at radius 2 is 0.915 bits per heavy atom. The van der Waals surface area contributed by atoms with E-state index in [-0.39, 0.29) is 0 Å². The first-order valence-electron chi connectivity index (χ1n) is 15.9. The van der Waals surface area contributed by atoms with Crippen molar-refractivity contribution in [2.45, 2.75) is 0 Å². The molecule has 0 radical (unpaired) electrons. The zero-order chi connectivity index (χ0) is 30.9. The Bertz CT molecular complexity index is 2770. The summed E-state index contributed by atoms with van der Waals surface area (Å²) in [5.74, 6) is 0.668. The summed E-state index contributed by atoms with van der Waals surface area (Å²) in [6.45, 7) is 0. The summed E-state index contributed by atoms with van der Waals surface area (Å²) in [5, 5.41) is 11.6. The zero-order valence-corrected chi connectivity index (χ0v) is 25.3. The minimum atomic E-state index is 0.668. The van der Waals surface area contributed by atoms with Gasteiger partial charge in [-0.1, -0.05) is 127 Å². The molecule has 0 saturated carbocycles. The minimum Gasteiger partial charge on any atom is -0.456 e. The summed E-state index contributed by atoms with van der Waals surface area (Å²) in [7, 11) is 0. The van der Waals surface area contributed by atoms with E-state index < -0.39 is 0 Å². The highest BCUT2D eigenvalue weighted by atomic mass is 16.3. The lowest BCUT2D eigenvalue weighted by atomic mass is 9.93. The average Bonchev–Trinajstić information content (AvgIpc) is 3.52. The van der Waals surface area contributed by atoms with Crippen molar-refractivity contribution in [2.75, 3.05) is 0 Å². The third kappa shape index (κ3) is 4.14. The van der Waals surface area contributed by atoms with Gasteiger partial charge < -0.3 is 4.42 Å². The molecule has 47 heavy (non-hydrogen) atoms. The molecule has 0 bridgehead atoms. The Morgan fingerprint density at radius 3 is 1.60 bits per heavy atom. The first-order chi connectivity index (χ1) is 23.3. The fourth-order valence-corrected chi connectivity index (χ4v) is 7.14. The normalized spacial score (nSPS) is 11.8. The summed E-state index contributed by atoms with van der Waals surface area (Å²) in [4.78, 5) is 10.6. The van der Waals surface area contributed by atoms with Crippen molar-refractivity contribution >= 4 is 65.0 Å². The maximum absolute atomic E-state index is 6.54. The second-order valence-electron chi connectivity index (χ2n) is 12.2. The maximum atomic E-state index is 6.54. The summed E-state index contributed by atoms with van der Waals surface area (Å²) in [6.07, 6.45) is 0. The molecule has 0 N–H and O–H groups in total. The summed E-state index contributed by atoms with van der Waals surface area (Å²) < 4.78 is 6.54. The van der Waals surface area contributed by atoms with Crippen LogP contribution in [-0.2, 0) is 0 Å². The van der Waals surface area contributed by atoms with Crippen LogP contribution < -0.4 is 0 Å². The minimum absolute atomic E-state index is 0.668. The molecule has 3 nitrogen and oxygen atoms in total. The number of aromatic nitrogens is 2.